The average molecular weight is 148 g/mol. The largest absolute Gasteiger partial charge is 0.376 e. The maximum atomic E-state index is 5.07. The second-order valence-corrected chi connectivity index (χ2v) is 1.86. The van der Waals surface area contributed by atoms with Gasteiger partial charge in [-0.05, 0) is 6.92 Å². The van der Waals surface area contributed by atoms with Gasteiger partial charge < -0.3 is 18.9 Å². The number of hydrogen-bond donors (Lipinski definition) is 0. The van der Waals surface area contributed by atoms with E-state index in [9.17, 15) is 0 Å². The van der Waals surface area contributed by atoms with Crippen molar-refractivity contribution in [3.05, 3.63) is 0 Å². The Morgan fingerprint density at radius 3 is 2.70 bits per heavy atom. The molecule has 60 valence electrons. The molecule has 1 heterocycles. The van der Waals surface area contributed by atoms with Gasteiger partial charge in [-0.3, -0.25) is 0 Å². The van der Waals surface area contributed by atoms with E-state index < -0.39 is 0 Å². The van der Waals surface area contributed by atoms with Crippen molar-refractivity contribution < 1.29 is 18.9 Å². The average Bonchev–Trinajstić information content (AvgIpc) is 2.03. The predicted octanol–water partition coefficient (Wildman–Crippen LogP) is 0.327. The van der Waals surface area contributed by atoms with Crippen molar-refractivity contribution in [1.29, 1.82) is 0 Å². The highest BCUT2D eigenvalue weighted by molar-refractivity contribution is 4.40. The van der Waals surface area contributed by atoms with E-state index >= 15 is 0 Å². The Labute approximate surface area is 60.0 Å². The Kier molecular flexibility index (Phi) is 3.67. The van der Waals surface area contributed by atoms with Gasteiger partial charge >= 0.3 is 0 Å². The SMILES string of the molecule is CCOCC1OCOCO1. The summed E-state index contributed by atoms with van der Waals surface area (Å²) in [6, 6.07) is 0. The van der Waals surface area contributed by atoms with Crippen LogP contribution in [-0.2, 0) is 18.9 Å². The number of rotatable bonds is 3. The Hall–Kier alpha value is -0.160. The summed E-state index contributed by atoms with van der Waals surface area (Å²) < 4.78 is 19.9. The third-order valence-electron chi connectivity index (χ3n) is 1.13. The van der Waals surface area contributed by atoms with Crippen LogP contribution in [-0.4, -0.2) is 33.1 Å². The molecule has 0 unspecified atom stereocenters. The van der Waals surface area contributed by atoms with Crippen LogP contribution in [0.4, 0.5) is 0 Å². The quantitative estimate of drug-likeness (QED) is 0.578. The number of hydrogen-bond acceptors (Lipinski definition) is 4. The Morgan fingerprint density at radius 2 is 2.10 bits per heavy atom. The van der Waals surface area contributed by atoms with Crippen LogP contribution in [0.2, 0.25) is 0 Å². The molecular formula is C6H12O4. The second kappa shape index (κ2) is 4.62. The summed E-state index contributed by atoms with van der Waals surface area (Å²) in [7, 11) is 0. The van der Waals surface area contributed by atoms with E-state index in [1.54, 1.807) is 0 Å². The van der Waals surface area contributed by atoms with Crippen LogP contribution in [0.1, 0.15) is 6.92 Å². The zero-order valence-corrected chi connectivity index (χ0v) is 6.04. The van der Waals surface area contributed by atoms with E-state index in [0.29, 0.717) is 26.8 Å². The molecule has 0 saturated carbocycles. The molecule has 0 atom stereocenters. The monoisotopic (exact) mass is 148 g/mol. The zero-order valence-electron chi connectivity index (χ0n) is 6.04. The third kappa shape index (κ3) is 2.62. The van der Waals surface area contributed by atoms with E-state index in [-0.39, 0.29) is 6.29 Å². The van der Waals surface area contributed by atoms with Gasteiger partial charge in [-0.1, -0.05) is 0 Å². The van der Waals surface area contributed by atoms with Crippen molar-refractivity contribution in [3.63, 3.8) is 0 Å². The number of ether oxygens (including phenoxy) is 4. The molecule has 10 heavy (non-hydrogen) atoms. The van der Waals surface area contributed by atoms with Gasteiger partial charge in [0.05, 0.1) is 6.61 Å². The molecule has 0 radical (unpaired) electrons. The maximum absolute atomic E-state index is 5.07. The fourth-order valence-electron chi connectivity index (χ4n) is 0.640. The standard InChI is InChI=1S/C6H12O4/c1-2-7-3-6-9-4-8-5-10-6/h6H,2-5H2,1H3. The van der Waals surface area contributed by atoms with Crippen molar-refractivity contribution in [2.75, 3.05) is 26.8 Å². The molecule has 4 heteroatoms. The Morgan fingerprint density at radius 1 is 1.40 bits per heavy atom. The summed E-state index contributed by atoms with van der Waals surface area (Å²) in [5.74, 6) is 0. The molecule has 1 saturated heterocycles. The highest BCUT2D eigenvalue weighted by atomic mass is 16.8. The molecule has 0 spiro atoms. The lowest BCUT2D eigenvalue weighted by atomic mass is 10.6. The summed E-state index contributed by atoms with van der Waals surface area (Å²) in [4.78, 5) is 0. The van der Waals surface area contributed by atoms with E-state index in [1.165, 1.54) is 0 Å². The smallest absolute Gasteiger partial charge is 0.186 e. The predicted molar refractivity (Wildman–Crippen MR) is 33.3 cm³/mol. The fourth-order valence-corrected chi connectivity index (χ4v) is 0.640. The van der Waals surface area contributed by atoms with Crippen LogP contribution in [0.15, 0.2) is 0 Å². The zero-order chi connectivity index (χ0) is 7.23. The van der Waals surface area contributed by atoms with Crippen molar-refractivity contribution in [3.8, 4) is 0 Å². The minimum absolute atomic E-state index is 0.242. The summed E-state index contributed by atoms with van der Waals surface area (Å²) >= 11 is 0. The van der Waals surface area contributed by atoms with Crippen LogP contribution in [0.25, 0.3) is 0 Å². The molecule has 1 fully saturated rings. The molecule has 1 aliphatic heterocycles. The van der Waals surface area contributed by atoms with E-state index in [4.69, 9.17) is 18.9 Å². The first-order valence-corrected chi connectivity index (χ1v) is 3.32. The van der Waals surface area contributed by atoms with Crippen molar-refractivity contribution in [2.45, 2.75) is 13.2 Å². The van der Waals surface area contributed by atoms with E-state index in [1.807, 2.05) is 6.92 Å². The Balaban J connectivity index is 2.02. The molecule has 1 rings (SSSR count). The highest BCUT2D eigenvalue weighted by Gasteiger charge is 2.13. The van der Waals surface area contributed by atoms with Gasteiger partial charge in [0.25, 0.3) is 0 Å². The van der Waals surface area contributed by atoms with Gasteiger partial charge in [0.1, 0.15) is 0 Å². The Bertz CT molecular complexity index is 79.8. The lowest BCUT2D eigenvalue weighted by Gasteiger charge is -2.22. The van der Waals surface area contributed by atoms with Gasteiger partial charge in [-0.2, -0.15) is 0 Å². The minimum atomic E-state index is -0.242. The van der Waals surface area contributed by atoms with Crippen molar-refractivity contribution in [1.82, 2.24) is 0 Å². The van der Waals surface area contributed by atoms with Crippen LogP contribution >= 0.6 is 0 Å². The molecular weight excluding hydrogens is 136 g/mol. The summed E-state index contributed by atoms with van der Waals surface area (Å²) in [6.45, 7) is 3.71. The first kappa shape index (κ1) is 7.94. The first-order chi connectivity index (χ1) is 4.93. The molecule has 0 bridgehead atoms. The third-order valence-corrected chi connectivity index (χ3v) is 1.13. The first-order valence-electron chi connectivity index (χ1n) is 3.32. The highest BCUT2D eigenvalue weighted by Crippen LogP contribution is 2.02. The minimum Gasteiger partial charge on any atom is -0.376 e. The normalized spacial score (nSPS) is 21.3. The van der Waals surface area contributed by atoms with Gasteiger partial charge in [0.15, 0.2) is 19.9 Å². The summed E-state index contributed by atoms with van der Waals surface area (Å²) in [5, 5.41) is 0. The maximum Gasteiger partial charge on any atom is 0.186 e. The molecule has 0 amide bonds. The molecule has 0 aromatic heterocycles. The lowest BCUT2D eigenvalue weighted by Crippen LogP contribution is -2.30. The molecule has 1 aliphatic rings. The molecule has 0 aromatic carbocycles. The van der Waals surface area contributed by atoms with Crippen LogP contribution in [0.3, 0.4) is 0 Å². The lowest BCUT2D eigenvalue weighted by molar-refractivity contribution is -0.309. The van der Waals surface area contributed by atoms with Gasteiger partial charge in [-0.25, -0.2) is 0 Å². The van der Waals surface area contributed by atoms with Crippen LogP contribution < -0.4 is 0 Å². The molecule has 0 N–H and O–H groups in total. The summed E-state index contributed by atoms with van der Waals surface area (Å²) in [6.07, 6.45) is -0.242. The molecule has 0 aliphatic carbocycles. The van der Waals surface area contributed by atoms with Crippen molar-refractivity contribution >= 4 is 0 Å². The van der Waals surface area contributed by atoms with Gasteiger partial charge in [-0.15, -0.1) is 0 Å². The molecule has 4 nitrogen and oxygen atoms in total. The van der Waals surface area contributed by atoms with E-state index in [0.717, 1.165) is 0 Å². The van der Waals surface area contributed by atoms with Gasteiger partial charge in [0, 0.05) is 6.61 Å². The van der Waals surface area contributed by atoms with Gasteiger partial charge in [0.2, 0.25) is 0 Å². The second-order valence-electron chi connectivity index (χ2n) is 1.86. The topological polar surface area (TPSA) is 36.9 Å². The fraction of sp³-hybridized carbons (Fsp3) is 1.00. The van der Waals surface area contributed by atoms with Crippen molar-refractivity contribution in [2.24, 2.45) is 0 Å². The van der Waals surface area contributed by atoms with E-state index in [2.05, 4.69) is 0 Å². The molecule has 0 aromatic rings. The van der Waals surface area contributed by atoms with Crippen LogP contribution in [0.5, 0.6) is 0 Å². The van der Waals surface area contributed by atoms with Crippen LogP contribution in [0, 0.1) is 0 Å². The summed E-state index contributed by atoms with van der Waals surface area (Å²) in [5.41, 5.74) is 0.